The Morgan fingerprint density at radius 3 is 2.66 bits per heavy atom. The van der Waals surface area contributed by atoms with Crippen molar-refractivity contribution < 1.29 is 38.1 Å². The van der Waals surface area contributed by atoms with Gasteiger partial charge in [-0.15, -0.1) is 6.42 Å². The molecule has 1 saturated heterocycles. The van der Waals surface area contributed by atoms with Crippen LogP contribution in [0.15, 0.2) is 52.2 Å². The molecule has 2 heterocycles. The van der Waals surface area contributed by atoms with Crippen LogP contribution >= 0.6 is 7.75 Å². The van der Waals surface area contributed by atoms with Crippen LogP contribution in [0, 0.1) is 12.3 Å². The van der Waals surface area contributed by atoms with Gasteiger partial charge in [0, 0.05) is 12.3 Å². The topological polar surface area (TPSA) is 178 Å². The van der Waals surface area contributed by atoms with Crippen LogP contribution in [0.4, 0.5) is 0 Å². The quantitative estimate of drug-likeness (QED) is 0.195. The van der Waals surface area contributed by atoms with E-state index in [-0.39, 0.29) is 5.75 Å². The summed E-state index contributed by atoms with van der Waals surface area (Å²) < 4.78 is 35.3. The summed E-state index contributed by atoms with van der Waals surface area (Å²) in [7, 11) is -3.15. The number of hydrogen-bond acceptors (Lipinski definition) is 10. The van der Waals surface area contributed by atoms with E-state index in [4.69, 9.17) is 20.2 Å². The number of aliphatic hydroxyl groups excluding tert-OH is 1. The van der Waals surface area contributed by atoms with Crippen LogP contribution in [-0.4, -0.2) is 63.3 Å². The van der Waals surface area contributed by atoms with Gasteiger partial charge in [0.25, 0.3) is 5.56 Å². The Kier molecular flexibility index (Phi) is 7.97. The monoisotopic (exact) mass is 509 g/mol. The molecular weight excluding hydrogens is 485 g/mol. The lowest BCUT2D eigenvalue weighted by molar-refractivity contribution is -0.142. The molecule has 1 aliphatic rings. The molecule has 4 N–H and O–H groups in total. The number of carbonyl (C=O) groups is 1. The average molecular weight is 509 g/mol. The van der Waals surface area contributed by atoms with E-state index in [0.717, 1.165) is 23.9 Å². The maximum absolute atomic E-state index is 13.5. The standard InChI is InChI=1S/C21H24N3O10P/c1-4-21(29)17(26)15(33-19(21)24-11-10-16(25)22-20(24)28)12-32-35(30,23-13(2)18(27)31-3)34-14-8-6-5-7-9-14/h1,5-11,13,15,17,19,26,29H,12H2,2-3H3,(H,23,30)(H,22,25,28)/t13-,15+,17+,19+,21+,35?/m0/s1. The molecule has 2 aromatic rings. The van der Waals surface area contributed by atoms with Gasteiger partial charge in [0.05, 0.1) is 13.7 Å². The zero-order valence-corrected chi connectivity index (χ0v) is 19.6. The first kappa shape index (κ1) is 26.4. The van der Waals surface area contributed by atoms with E-state index in [2.05, 4.69) is 9.82 Å². The van der Waals surface area contributed by atoms with E-state index in [1.165, 1.54) is 19.1 Å². The number of hydrogen-bond donors (Lipinski definition) is 4. The van der Waals surface area contributed by atoms with Crippen LogP contribution in [0.1, 0.15) is 13.2 Å². The number of esters is 1. The third-order valence-corrected chi connectivity index (χ3v) is 6.75. The van der Waals surface area contributed by atoms with Crippen LogP contribution < -0.4 is 20.9 Å². The predicted molar refractivity (Wildman–Crippen MR) is 120 cm³/mol. The molecule has 6 atom stereocenters. The highest BCUT2D eigenvalue weighted by molar-refractivity contribution is 7.52. The van der Waals surface area contributed by atoms with Gasteiger partial charge in [-0.2, -0.15) is 5.09 Å². The molecule has 0 amide bonds. The molecule has 188 valence electrons. The molecule has 1 aliphatic heterocycles. The van der Waals surface area contributed by atoms with E-state index in [0.29, 0.717) is 0 Å². The number of nitrogens with one attached hydrogen (secondary N) is 2. The molecule has 13 nitrogen and oxygen atoms in total. The van der Waals surface area contributed by atoms with E-state index >= 15 is 0 Å². The van der Waals surface area contributed by atoms with Gasteiger partial charge >= 0.3 is 19.4 Å². The van der Waals surface area contributed by atoms with E-state index in [1.54, 1.807) is 18.2 Å². The lowest BCUT2D eigenvalue weighted by atomic mass is 9.95. The SMILES string of the molecule is C#C[C@@]1(O)[C@H](O)[C@@H](COP(=O)(N[C@@H](C)C(=O)OC)Oc2ccccc2)O[C@H]1n1ccc(=O)[nH]c1=O. The van der Waals surface area contributed by atoms with Crippen molar-refractivity contribution >= 4 is 13.7 Å². The number of H-pyrrole nitrogens is 1. The number of carbonyl (C=O) groups excluding carboxylic acids is 1. The summed E-state index contributed by atoms with van der Waals surface area (Å²) in [6, 6.07) is 7.82. The Morgan fingerprint density at radius 1 is 1.37 bits per heavy atom. The Morgan fingerprint density at radius 2 is 2.06 bits per heavy atom. The number of aliphatic hydroxyl groups is 2. The average Bonchev–Trinajstić information content (AvgIpc) is 3.08. The van der Waals surface area contributed by atoms with Crippen molar-refractivity contribution in [1.82, 2.24) is 14.6 Å². The second-order valence-electron chi connectivity index (χ2n) is 7.53. The van der Waals surface area contributed by atoms with Crippen molar-refractivity contribution in [3.05, 3.63) is 63.4 Å². The van der Waals surface area contributed by atoms with Crippen LogP contribution in [0.25, 0.3) is 0 Å². The van der Waals surface area contributed by atoms with Crippen molar-refractivity contribution in [3.63, 3.8) is 0 Å². The van der Waals surface area contributed by atoms with E-state index in [9.17, 15) is 29.2 Å². The third-order valence-electron chi connectivity index (χ3n) is 5.10. The first-order valence-electron chi connectivity index (χ1n) is 10.2. The van der Waals surface area contributed by atoms with E-state index < -0.39 is 61.7 Å². The Bertz CT molecular complexity index is 1260. The highest BCUT2D eigenvalue weighted by Gasteiger charge is 2.56. The molecule has 0 bridgehead atoms. The summed E-state index contributed by atoms with van der Waals surface area (Å²) in [5.74, 6) is 1.39. The fraction of sp³-hybridized carbons (Fsp3) is 0.381. The van der Waals surface area contributed by atoms with Crippen LogP contribution in [0.5, 0.6) is 5.75 Å². The van der Waals surface area contributed by atoms with Crippen LogP contribution in [0.2, 0.25) is 0 Å². The van der Waals surface area contributed by atoms with Gasteiger partial charge in [0.2, 0.25) is 0 Å². The molecule has 3 rings (SSSR count). The van der Waals surface area contributed by atoms with Crippen LogP contribution in [0.3, 0.4) is 0 Å². The molecule has 14 heteroatoms. The fourth-order valence-corrected chi connectivity index (χ4v) is 4.80. The minimum Gasteiger partial charge on any atom is -0.468 e. The number of methoxy groups -OCH3 is 1. The molecule has 1 aromatic heterocycles. The Balaban J connectivity index is 1.85. The predicted octanol–water partition coefficient (Wildman–Crippen LogP) is -0.486. The Hall–Kier alpha value is -3.24. The summed E-state index contributed by atoms with van der Waals surface area (Å²) in [6.07, 6.45) is 1.63. The zero-order valence-electron chi connectivity index (χ0n) is 18.7. The van der Waals surface area contributed by atoms with Gasteiger partial charge in [-0.25, -0.2) is 9.36 Å². The molecule has 0 aliphatic carbocycles. The number of nitrogens with zero attached hydrogens (tertiary/aromatic N) is 1. The molecule has 0 spiro atoms. The molecular formula is C21H24N3O10P. The first-order valence-corrected chi connectivity index (χ1v) is 11.8. The van der Waals surface area contributed by atoms with Gasteiger partial charge < -0.3 is 24.2 Å². The van der Waals surface area contributed by atoms with Crippen molar-refractivity contribution in [2.45, 2.75) is 37.0 Å². The Labute approximate surface area is 199 Å². The van der Waals surface area contributed by atoms with Gasteiger partial charge in [-0.3, -0.25) is 23.7 Å². The van der Waals surface area contributed by atoms with Crippen molar-refractivity contribution in [2.24, 2.45) is 0 Å². The van der Waals surface area contributed by atoms with Gasteiger partial charge in [0.1, 0.15) is 24.0 Å². The minimum atomic E-state index is -4.29. The van der Waals surface area contributed by atoms with Crippen molar-refractivity contribution in [2.75, 3.05) is 13.7 Å². The zero-order chi connectivity index (χ0) is 25.8. The maximum Gasteiger partial charge on any atom is 0.459 e. The highest BCUT2D eigenvalue weighted by atomic mass is 31.2. The number of para-hydroxylation sites is 1. The molecule has 1 unspecified atom stereocenters. The molecule has 35 heavy (non-hydrogen) atoms. The number of aromatic amines is 1. The fourth-order valence-electron chi connectivity index (χ4n) is 3.30. The molecule has 1 fully saturated rings. The molecule has 0 saturated carbocycles. The van der Waals surface area contributed by atoms with Crippen molar-refractivity contribution in [3.8, 4) is 18.1 Å². The summed E-state index contributed by atoms with van der Waals surface area (Å²) in [6.45, 7) is 0.720. The number of rotatable bonds is 9. The second kappa shape index (κ2) is 10.6. The highest BCUT2D eigenvalue weighted by Crippen LogP contribution is 2.46. The number of ether oxygens (including phenoxy) is 2. The van der Waals surface area contributed by atoms with E-state index in [1.807, 2.05) is 10.9 Å². The van der Waals surface area contributed by atoms with Crippen molar-refractivity contribution in [1.29, 1.82) is 0 Å². The smallest absolute Gasteiger partial charge is 0.459 e. The van der Waals surface area contributed by atoms with Gasteiger partial charge in [0.15, 0.2) is 11.8 Å². The largest absolute Gasteiger partial charge is 0.468 e. The number of terminal acetylenes is 1. The molecule has 1 aromatic carbocycles. The maximum atomic E-state index is 13.5. The summed E-state index contributed by atoms with van der Waals surface area (Å²) >= 11 is 0. The summed E-state index contributed by atoms with van der Waals surface area (Å²) in [4.78, 5) is 37.4. The number of benzene rings is 1. The van der Waals surface area contributed by atoms with Gasteiger partial charge in [-0.05, 0) is 19.1 Å². The number of aromatic nitrogens is 2. The summed E-state index contributed by atoms with van der Waals surface area (Å²) in [5.41, 5.74) is -4.05. The van der Waals surface area contributed by atoms with Gasteiger partial charge in [-0.1, -0.05) is 24.1 Å². The summed E-state index contributed by atoms with van der Waals surface area (Å²) in [5, 5.41) is 24.0. The second-order valence-corrected chi connectivity index (χ2v) is 9.22. The lowest BCUT2D eigenvalue weighted by Crippen LogP contribution is -2.48. The van der Waals surface area contributed by atoms with Crippen LogP contribution in [-0.2, 0) is 23.4 Å². The minimum absolute atomic E-state index is 0.145. The molecule has 0 radical (unpaired) electrons. The third kappa shape index (κ3) is 5.71. The normalized spacial score (nSPS) is 26.3. The first-order chi connectivity index (χ1) is 16.5. The lowest BCUT2D eigenvalue weighted by Gasteiger charge is -2.26.